The Morgan fingerprint density at radius 3 is 2.55 bits per heavy atom. The van der Waals surface area contributed by atoms with Crippen molar-refractivity contribution in [2.45, 2.75) is 51.7 Å². The lowest BCUT2D eigenvalue weighted by molar-refractivity contribution is -0.0139. The maximum atomic E-state index is 5.89. The largest absolute Gasteiger partial charge is 0.381 e. The highest BCUT2D eigenvalue weighted by Gasteiger charge is 2.39. The summed E-state index contributed by atoms with van der Waals surface area (Å²) in [6.45, 7) is 12.4. The predicted octanol–water partition coefficient (Wildman–Crippen LogP) is 3.66. The zero-order valence-electron chi connectivity index (χ0n) is 19.3. The van der Waals surface area contributed by atoms with E-state index in [-0.39, 0.29) is 29.5 Å². The molecular weight excluding hydrogens is 503 g/mol. The summed E-state index contributed by atoms with van der Waals surface area (Å²) in [4.78, 5) is 7.68. The molecule has 2 saturated heterocycles. The fourth-order valence-corrected chi connectivity index (χ4v) is 4.37. The van der Waals surface area contributed by atoms with Crippen LogP contribution in [0.25, 0.3) is 0 Å². The first kappa shape index (κ1) is 26.4. The number of hydrogen-bond donors (Lipinski definition) is 2. The highest BCUT2D eigenvalue weighted by atomic mass is 127. The highest BCUT2D eigenvalue weighted by Crippen LogP contribution is 2.31. The molecule has 2 N–H and O–H groups in total. The number of aliphatic imine (C=N–C) groups is 1. The summed E-state index contributed by atoms with van der Waals surface area (Å²) < 4.78 is 11.6. The first-order valence-electron chi connectivity index (χ1n) is 11.7. The maximum absolute atomic E-state index is 5.89. The van der Waals surface area contributed by atoms with Crippen molar-refractivity contribution in [3.05, 3.63) is 35.9 Å². The second kappa shape index (κ2) is 14.3. The van der Waals surface area contributed by atoms with Crippen LogP contribution in [-0.4, -0.2) is 68.9 Å². The van der Waals surface area contributed by atoms with Crippen LogP contribution in [0.1, 0.15) is 45.1 Å². The van der Waals surface area contributed by atoms with Crippen LogP contribution < -0.4 is 10.6 Å². The van der Waals surface area contributed by atoms with Gasteiger partial charge >= 0.3 is 0 Å². The average molecular weight is 545 g/mol. The van der Waals surface area contributed by atoms with E-state index in [2.05, 4.69) is 53.6 Å². The predicted molar refractivity (Wildman–Crippen MR) is 138 cm³/mol. The highest BCUT2D eigenvalue weighted by molar-refractivity contribution is 14.0. The number of hydrogen-bond acceptors (Lipinski definition) is 4. The Morgan fingerprint density at radius 2 is 1.87 bits per heavy atom. The maximum Gasteiger partial charge on any atom is 0.191 e. The minimum atomic E-state index is 0. The zero-order valence-corrected chi connectivity index (χ0v) is 21.6. The summed E-state index contributed by atoms with van der Waals surface area (Å²) >= 11 is 0. The summed E-state index contributed by atoms with van der Waals surface area (Å²) in [6, 6.07) is 10.3. The number of guanidine groups is 1. The van der Waals surface area contributed by atoms with Gasteiger partial charge in [0.2, 0.25) is 0 Å². The van der Waals surface area contributed by atoms with E-state index in [1.54, 1.807) is 0 Å². The van der Waals surface area contributed by atoms with Crippen LogP contribution in [0.5, 0.6) is 0 Å². The van der Waals surface area contributed by atoms with Gasteiger partial charge in [0.05, 0.1) is 19.8 Å². The van der Waals surface area contributed by atoms with Gasteiger partial charge in [-0.05, 0) is 57.2 Å². The zero-order chi connectivity index (χ0) is 21.1. The fourth-order valence-electron chi connectivity index (χ4n) is 4.37. The molecule has 176 valence electrons. The topological polar surface area (TPSA) is 58.1 Å². The molecule has 1 atom stereocenters. The van der Waals surface area contributed by atoms with E-state index in [0.29, 0.717) is 12.5 Å². The van der Waals surface area contributed by atoms with Crippen molar-refractivity contribution >= 4 is 29.9 Å². The van der Waals surface area contributed by atoms with Crippen molar-refractivity contribution in [2.75, 3.05) is 52.5 Å². The second-order valence-electron chi connectivity index (χ2n) is 8.71. The van der Waals surface area contributed by atoms with Crippen LogP contribution in [0.15, 0.2) is 35.3 Å². The van der Waals surface area contributed by atoms with Crippen molar-refractivity contribution in [3.8, 4) is 0 Å². The molecule has 6 nitrogen and oxygen atoms in total. The van der Waals surface area contributed by atoms with E-state index in [1.165, 1.54) is 31.5 Å². The number of likely N-dealkylation sites (tertiary alicyclic amines) is 1. The molecule has 2 fully saturated rings. The van der Waals surface area contributed by atoms with Crippen LogP contribution in [0, 0.1) is 5.92 Å². The van der Waals surface area contributed by atoms with E-state index < -0.39 is 0 Å². The Kier molecular flexibility index (Phi) is 12.1. The van der Waals surface area contributed by atoms with Crippen molar-refractivity contribution in [1.29, 1.82) is 0 Å². The smallest absolute Gasteiger partial charge is 0.191 e. The molecule has 1 aromatic carbocycles. The lowest BCUT2D eigenvalue weighted by Gasteiger charge is -2.43. The molecule has 0 saturated carbocycles. The average Bonchev–Trinajstić information content (AvgIpc) is 3.33. The summed E-state index contributed by atoms with van der Waals surface area (Å²) in [5.41, 5.74) is 1.39. The molecule has 3 rings (SSSR count). The molecule has 2 heterocycles. The number of benzene rings is 1. The second-order valence-corrected chi connectivity index (χ2v) is 8.71. The third kappa shape index (κ3) is 8.51. The summed E-state index contributed by atoms with van der Waals surface area (Å²) in [7, 11) is 0. The van der Waals surface area contributed by atoms with E-state index in [9.17, 15) is 0 Å². The molecule has 1 unspecified atom stereocenters. The molecule has 0 bridgehead atoms. The Bertz CT molecular complexity index is 632. The van der Waals surface area contributed by atoms with E-state index in [1.807, 2.05) is 6.07 Å². The van der Waals surface area contributed by atoms with Crippen LogP contribution in [-0.2, 0) is 16.1 Å². The molecule has 0 aliphatic carbocycles. The molecule has 1 aromatic rings. The van der Waals surface area contributed by atoms with Gasteiger partial charge in [0.15, 0.2) is 5.96 Å². The van der Waals surface area contributed by atoms with Crippen LogP contribution >= 0.6 is 24.0 Å². The van der Waals surface area contributed by atoms with E-state index >= 15 is 0 Å². The van der Waals surface area contributed by atoms with E-state index in [0.717, 1.165) is 58.3 Å². The molecule has 0 aromatic heterocycles. The summed E-state index contributed by atoms with van der Waals surface area (Å²) in [6.07, 6.45) is 4.79. The number of nitrogens with one attached hydrogen (secondary N) is 2. The Labute approximate surface area is 205 Å². The minimum Gasteiger partial charge on any atom is -0.381 e. The Balaban J connectivity index is 0.00000341. The molecular formula is C24H41IN4O2. The van der Waals surface area contributed by atoms with Crippen LogP contribution in [0.2, 0.25) is 0 Å². The minimum absolute atomic E-state index is 0. The van der Waals surface area contributed by atoms with Crippen LogP contribution in [0.3, 0.4) is 0 Å². The molecule has 2 aliphatic heterocycles. The van der Waals surface area contributed by atoms with Crippen molar-refractivity contribution in [3.63, 3.8) is 0 Å². The van der Waals surface area contributed by atoms with Gasteiger partial charge in [-0.25, -0.2) is 0 Å². The molecule has 0 radical (unpaired) electrons. The van der Waals surface area contributed by atoms with Crippen LogP contribution in [0.4, 0.5) is 0 Å². The lowest BCUT2D eigenvalue weighted by atomic mass is 9.88. The van der Waals surface area contributed by atoms with Gasteiger partial charge in [0, 0.05) is 31.8 Å². The summed E-state index contributed by atoms with van der Waals surface area (Å²) in [5.74, 6) is 1.32. The SMILES string of the molecule is CCNC(=NCC1(N2CCCC2)CCOCC1)NCC(C)COCc1ccccc1.I. The third-order valence-electron chi connectivity index (χ3n) is 6.21. The number of nitrogens with zero attached hydrogens (tertiary/aromatic N) is 2. The lowest BCUT2D eigenvalue weighted by Crippen LogP contribution is -2.54. The standard InChI is InChI=1S/C24H40N4O2.HI/c1-3-25-23(26-17-21(2)18-30-19-22-9-5-4-6-10-22)27-20-24(11-15-29-16-12-24)28-13-7-8-14-28;/h4-6,9-10,21H,3,7-8,11-20H2,1-2H3,(H2,25,26,27);1H. The van der Waals surface area contributed by atoms with Gasteiger partial charge in [0.25, 0.3) is 0 Å². The molecule has 7 heteroatoms. The van der Waals surface area contributed by atoms with Gasteiger partial charge < -0.3 is 20.1 Å². The first-order valence-corrected chi connectivity index (χ1v) is 11.7. The number of halogens is 1. The van der Waals surface area contributed by atoms with Crippen molar-refractivity contribution in [1.82, 2.24) is 15.5 Å². The molecule has 31 heavy (non-hydrogen) atoms. The number of rotatable bonds is 10. The quantitative estimate of drug-likeness (QED) is 0.268. The van der Waals surface area contributed by atoms with Gasteiger partial charge in [0.1, 0.15) is 0 Å². The van der Waals surface area contributed by atoms with Crippen molar-refractivity contribution < 1.29 is 9.47 Å². The van der Waals surface area contributed by atoms with Crippen molar-refractivity contribution in [2.24, 2.45) is 10.9 Å². The normalized spacial score (nSPS) is 20.1. The Morgan fingerprint density at radius 1 is 1.16 bits per heavy atom. The molecule has 0 amide bonds. The van der Waals surface area contributed by atoms with Gasteiger partial charge in [-0.2, -0.15) is 0 Å². The van der Waals surface area contributed by atoms with Gasteiger partial charge in [-0.15, -0.1) is 24.0 Å². The molecule has 0 spiro atoms. The van der Waals surface area contributed by atoms with Gasteiger partial charge in [-0.1, -0.05) is 37.3 Å². The monoisotopic (exact) mass is 544 g/mol. The third-order valence-corrected chi connectivity index (χ3v) is 6.21. The van der Waals surface area contributed by atoms with Gasteiger partial charge in [-0.3, -0.25) is 9.89 Å². The fraction of sp³-hybridized carbons (Fsp3) is 0.708. The summed E-state index contributed by atoms with van der Waals surface area (Å²) in [5, 5.41) is 6.94. The Hall–Kier alpha value is -0.900. The molecule has 2 aliphatic rings. The van der Waals surface area contributed by atoms with E-state index in [4.69, 9.17) is 14.5 Å². The number of ether oxygens (including phenoxy) is 2. The first-order chi connectivity index (χ1) is 14.7.